The highest BCUT2D eigenvalue weighted by atomic mass is 35.5. The molecule has 1 atom stereocenters. The average Bonchev–Trinajstić information content (AvgIpc) is 2.38. The Kier molecular flexibility index (Phi) is 4.01. The van der Waals surface area contributed by atoms with Gasteiger partial charge in [0.15, 0.2) is 0 Å². The molecule has 0 saturated carbocycles. The number of halogens is 5. The first kappa shape index (κ1) is 14.8. The van der Waals surface area contributed by atoms with Gasteiger partial charge in [0, 0.05) is 5.02 Å². The van der Waals surface area contributed by atoms with E-state index in [0.717, 1.165) is 6.07 Å². The molecule has 106 valence electrons. The standard InChI is InChI=1S/C14H9ClF4O/c15-10-4-1-8(2-5-10)13(20)9-3-6-12(16)11(7-9)14(17,18)19/h1-7,13,20H. The van der Waals surface area contributed by atoms with Crippen LogP contribution >= 0.6 is 11.6 Å². The molecule has 0 bridgehead atoms. The van der Waals surface area contributed by atoms with Gasteiger partial charge in [-0.05, 0) is 35.4 Å². The van der Waals surface area contributed by atoms with E-state index in [2.05, 4.69) is 0 Å². The van der Waals surface area contributed by atoms with Crippen LogP contribution in [0.15, 0.2) is 42.5 Å². The number of alkyl halides is 3. The van der Waals surface area contributed by atoms with Gasteiger partial charge in [-0.1, -0.05) is 29.8 Å². The number of aliphatic hydroxyl groups is 1. The van der Waals surface area contributed by atoms with Gasteiger partial charge < -0.3 is 5.11 Å². The van der Waals surface area contributed by atoms with E-state index in [4.69, 9.17) is 11.6 Å². The smallest absolute Gasteiger partial charge is 0.384 e. The summed E-state index contributed by atoms with van der Waals surface area (Å²) in [6.07, 6.45) is -6.09. The number of rotatable bonds is 2. The highest BCUT2D eigenvalue weighted by Crippen LogP contribution is 2.34. The van der Waals surface area contributed by atoms with E-state index in [0.29, 0.717) is 22.7 Å². The zero-order chi connectivity index (χ0) is 14.9. The van der Waals surface area contributed by atoms with E-state index in [9.17, 15) is 22.7 Å². The van der Waals surface area contributed by atoms with Crippen molar-refractivity contribution >= 4 is 11.6 Å². The summed E-state index contributed by atoms with van der Waals surface area (Å²) in [7, 11) is 0. The van der Waals surface area contributed by atoms with E-state index in [1.54, 1.807) is 0 Å². The monoisotopic (exact) mass is 304 g/mol. The molecule has 0 aliphatic heterocycles. The Morgan fingerprint density at radius 3 is 2.05 bits per heavy atom. The fourth-order valence-corrected chi connectivity index (χ4v) is 1.89. The second-order valence-electron chi connectivity index (χ2n) is 4.19. The lowest BCUT2D eigenvalue weighted by Gasteiger charge is -2.15. The molecule has 2 aromatic rings. The molecule has 0 radical (unpaired) electrons. The zero-order valence-electron chi connectivity index (χ0n) is 9.96. The van der Waals surface area contributed by atoms with Gasteiger partial charge in [-0.15, -0.1) is 0 Å². The molecule has 2 rings (SSSR count). The van der Waals surface area contributed by atoms with Crippen LogP contribution in [0.1, 0.15) is 22.8 Å². The molecule has 6 heteroatoms. The Morgan fingerprint density at radius 2 is 1.50 bits per heavy atom. The first-order valence-corrected chi connectivity index (χ1v) is 5.97. The number of hydrogen-bond donors (Lipinski definition) is 1. The molecule has 0 spiro atoms. The lowest BCUT2D eigenvalue weighted by Crippen LogP contribution is -2.10. The molecule has 1 N–H and O–H groups in total. The maximum absolute atomic E-state index is 13.2. The van der Waals surface area contributed by atoms with Gasteiger partial charge in [-0.2, -0.15) is 13.2 Å². The van der Waals surface area contributed by atoms with E-state index in [-0.39, 0.29) is 5.56 Å². The van der Waals surface area contributed by atoms with Crippen LogP contribution in [0.2, 0.25) is 5.02 Å². The van der Waals surface area contributed by atoms with Gasteiger partial charge >= 0.3 is 6.18 Å². The molecule has 20 heavy (non-hydrogen) atoms. The van der Waals surface area contributed by atoms with Crippen LogP contribution < -0.4 is 0 Å². The maximum Gasteiger partial charge on any atom is 0.419 e. The molecular weight excluding hydrogens is 296 g/mol. The van der Waals surface area contributed by atoms with Crippen LogP contribution in [0.3, 0.4) is 0 Å². The average molecular weight is 305 g/mol. The molecule has 2 aromatic carbocycles. The predicted molar refractivity (Wildman–Crippen MR) is 66.9 cm³/mol. The summed E-state index contributed by atoms with van der Waals surface area (Å²) in [5.41, 5.74) is -1.07. The van der Waals surface area contributed by atoms with Crippen LogP contribution in [0, 0.1) is 5.82 Å². The van der Waals surface area contributed by atoms with Gasteiger partial charge in [0.1, 0.15) is 11.9 Å². The Labute approximate surface area is 117 Å². The quantitative estimate of drug-likeness (QED) is 0.805. The van der Waals surface area contributed by atoms with Crippen LogP contribution in [0.25, 0.3) is 0 Å². The highest BCUT2D eigenvalue weighted by molar-refractivity contribution is 6.30. The van der Waals surface area contributed by atoms with Crippen molar-refractivity contribution in [3.63, 3.8) is 0 Å². The van der Waals surface area contributed by atoms with Crippen LogP contribution in [0.4, 0.5) is 17.6 Å². The predicted octanol–water partition coefficient (Wildman–Crippen LogP) is 4.58. The number of hydrogen-bond acceptors (Lipinski definition) is 1. The third kappa shape index (κ3) is 3.11. The fourth-order valence-electron chi connectivity index (χ4n) is 1.77. The molecule has 1 unspecified atom stereocenters. The summed E-state index contributed by atoms with van der Waals surface area (Å²) < 4.78 is 51.0. The normalized spacial score (nSPS) is 13.3. The molecular formula is C14H9ClF4O. The molecule has 0 fully saturated rings. The van der Waals surface area contributed by atoms with E-state index in [1.807, 2.05) is 0 Å². The summed E-state index contributed by atoms with van der Waals surface area (Å²) in [5.74, 6) is -1.37. The van der Waals surface area contributed by atoms with Crippen molar-refractivity contribution < 1.29 is 22.7 Å². The highest BCUT2D eigenvalue weighted by Gasteiger charge is 2.34. The fraction of sp³-hybridized carbons (Fsp3) is 0.143. The second kappa shape index (κ2) is 5.42. The summed E-state index contributed by atoms with van der Waals surface area (Å²) in [6, 6.07) is 8.41. The molecule has 0 heterocycles. The minimum absolute atomic E-state index is 0.0407. The first-order valence-electron chi connectivity index (χ1n) is 5.59. The van der Waals surface area contributed by atoms with Crippen molar-refractivity contribution in [1.82, 2.24) is 0 Å². The molecule has 0 saturated heterocycles. The Morgan fingerprint density at radius 1 is 0.950 bits per heavy atom. The lowest BCUT2D eigenvalue weighted by molar-refractivity contribution is -0.140. The molecule has 0 aliphatic rings. The van der Waals surface area contributed by atoms with Crippen LogP contribution in [-0.2, 0) is 6.18 Å². The number of aliphatic hydroxyl groups excluding tert-OH is 1. The van der Waals surface area contributed by atoms with E-state index >= 15 is 0 Å². The second-order valence-corrected chi connectivity index (χ2v) is 4.63. The van der Waals surface area contributed by atoms with Gasteiger partial charge in [0.2, 0.25) is 0 Å². The topological polar surface area (TPSA) is 20.2 Å². The van der Waals surface area contributed by atoms with Crippen molar-refractivity contribution in [3.05, 3.63) is 70.0 Å². The lowest BCUT2D eigenvalue weighted by atomic mass is 9.99. The Hall–Kier alpha value is -1.59. The number of benzene rings is 2. The van der Waals surface area contributed by atoms with E-state index < -0.39 is 23.7 Å². The summed E-state index contributed by atoms with van der Waals surface area (Å²) in [4.78, 5) is 0. The summed E-state index contributed by atoms with van der Waals surface area (Å²) in [5, 5.41) is 10.5. The SMILES string of the molecule is OC(c1ccc(Cl)cc1)c1ccc(F)c(C(F)(F)F)c1. The van der Waals surface area contributed by atoms with Gasteiger partial charge in [-0.25, -0.2) is 4.39 Å². The van der Waals surface area contributed by atoms with Crippen molar-refractivity contribution in [2.24, 2.45) is 0 Å². The largest absolute Gasteiger partial charge is 0.419 e. The molecule has 1 nitrogen and oxygen atoms in total. The maximum atomic E-state index is 13.2. The minimum Gasteiger partial charge on any atom is -0.384 e. The van der Waals surface area contributed by atoms with Gasteiger partial charge in [-0.3, -0.25) is 0 Å². The van der Waals surface area contributed by atoms with Crippen molar-refractivity contribution in [1.29, 1.82) is 0 Å². The minimum atomic E-state index is -4.81. The van der Waals surface area contributed by atoms with E-state index in [1.165, 1.54) is 24.3 Å². The van der Waals surface area contributed by atoms with Crippen molar-refractivity contribution in [2.45, 2.75) is 12.3 Å². The van der Waals surface area contributed by atoms with Crippen LogP contribution in [0.5, 0.6) is 0 Å². The first-order chi connectivity index (χ1) is 9.29. The summed E-state index contributed by atoms with van der Waals surface area (Å²) >= 11 is 5.69. The van der Waals surface area contributed by atoms with Gasteiger partial charge in [0.05, 0.1) is 5.56 Å². The molecule has 0 aliphatic carbocycles. The van der Waals surface area contributed by atoms with Crippen molar-refractivity contribution in [3.8, 4) is 0 Å². The van der Waals surface area contributed by atoms with Gasteiger partial charge in [0.25, 0.3) is 0 Å². The molecule has 0 amide bonds. The van der Waals surface area contributed by atoms with Crippen LogP contribution in [-0.4, -0.2) is 5.11 Å². The summed E-state index contributed by atoms with van der Waals surface area (Å²) in [6.45, 7) is 0. The van der Waals surface area contributed by atoms with Crippen molar-refractivity contribution in [2.75, 3.05) is 0 Å². The zero-order valence-corrected chi connectivity index (χ0v) is 10.7. The third-order valence-corrected chi connectivity index (χ3v) is 3.05. The molecule has 0 aromatic heterocycles. The Balaban J connectivity index is 2.40. The Bertz CT molecular complexity index is 608. The third-order valence-electron chi connectivity index (χ3n) is 2.80.